The fourth-order valence-electron chi connectivity index (χ4n) is 0.965. The van der Waals surface area contributed by atoms with Crippen molar-refractivity contribution in [2.24, 2.45) is 0 Å². The summed E-state index contributed by atoms with van der Waals surface area (Å²) in [6.07, 6.45) is 6.34. The quantitative estimate of drug-likeness (QED) is 0.498. The summed E-state index contributed by atoms with van der Waals surface area (Å²) >= 11 is 0. The molecule has 80 valence electrons. The number of esters is 1. The smallest absolute Gasteiger partial charge is 0.302 e. The van der Waals surface area contributed by atoms with Crippen LogP contribution in [0.1, 0.15) is 40.5 Å². The molecule has 0 amide bonds. The van der Waals surface area contributed by atoms with Crippen LogP contribution in [0.4, 0.5) is 0 Å². The summed E-state index contributed by atoms with van der Waals surface area (Å²) in [6, 6.07) is 0. The Morgan fingerprint density at radius 1 is 1.21 bits per heavy atom. The summed E-state index contributed by atoms with van der Waals surface area (Å²) in [4.78, 5) is 10.5. The number of hydrogen-bond acceptors (Lipinski definition) is 2. The van der Waals surface area contributed by atoms with Crippen LogP contribution in [0.2, 0.25) is 0 Å². The fraction of sp³-hybridized carbons (Fsp3) is 0.583. The van der Waals surface area contributed by atoms with Gasteiger partial charge < -0.3 is 4.74 Å². The van der Waals surface area contributed by atoms with E-state index in [1.54, 1.807) is 0 Å². The molecule has 0 unspecified atom stereocenters. The third-order valence-corrected chi connectivity index (χ3v) is 2.03. The molecule has 0 aromatic rings. The predicted octanol–water partition coefficient (Wildman–Crippen LogP) is 3.24. The van der Waals surface area contributed by atoms with E-state index in [1.165, 1.54) is 12.5 Å². The van der Waals surface area contributed by atoms with Gasteiger partial charge in [0.2, 0.25) is 0 Å². The molecule has 2 heteroatoms. The van der Waals surface area contributed by atoms with Crippen molar-refractivity contribution in [3.8, 4) is 0 Å². The highest BCUT2D eigenvalue weighted by atomic mass is 16.5. The second kappa shape index (κ2) is 7.36. The van der Waals surface area contributed by atoms with Crippen molar-refractivity contribution in [1.82, 2.24) is 0 Å². The molecule has 0 aliphatic heterocycles. The number of hydrogen-bond donors (Lipinski definition) is 0. The number of rotatable bonds is 5. The lowest BCUT2D eigenvalue weighted by atomic mass is 10.1. The van der Waals surface area contributed by atoms with E-state index >= 15 is 0 Å². The van der Waals surface area contributed by atoms with Crippen molar-refractivity contribution in [1.29, 1.82) is 0 Å². The summed E-state index contributed by atoms with van der Waals surface area (Å²) in [7, 11) is 0. The minimum absolute atomic E-state index is 0.220. The number of carbonyl (C=O) groups is 1. The predicted molar refractivity (Wildman–Crippen MR) is 59.1 cm³/mol. The highest BCUT2D eigenvalue weighted by molar-refractivity contribution is 5.66. The highest BCUT2D eigenvalue weighted by Crippen LogP contribution is 2.06. The molecule has 0 spiro atoms. The van der Waals surface area contributed by atoms with Gasteiger partial charge in [-0.3, -0.25) is 4.79 Å². The van der Waals surface area contributed by atoms with Gasteiger partial charge in [0.15, 0.2) is 0 Å². The maximum Gasteiger partial charge on any atom is 0.302 e. The molecule has 0 N–H and O–H groups in total. The summed E-state index contributed by atoms with van der Waals surface area (Å²) in [5.41, 5.74) is 2.51. The number of carbonyl (C=O) groups excluding carboxylic acids is 1. The molecule has 0 radical (unpaired) electrons. The van der Waals surface area contributed by atoms with Gasteiger partial charge in [-0.25, -0.2) is 0 Å². The molecule has 2 nitrogen and oxygen atoms in total. The van der Waals surface area contributed by atoms with E-state index in [0.29, 0.717) is 6.61 Å². The van der Waals surface area contributed by atoms with Gasteiger partial charge in [-0.05, 0) is 39.2 Å². The highest BCUT2D eigenvalue weighted by Gasteiger charge is 1.94. The average molecular weight is 196 g/mol. The normalized spacial score (nSPS) is 12.9. The molecule has 0 aromatic carbocycles. The number of ether oxygens (including phenoxy) is 1. The zero-order chi connectivity index (χ0) is 11.0. The van der Waals surface area contributed by atoms with E-state index in [4.69, 9.17) is 4.74 Å². The van der Waals surface area contributed by atoms with Crippen molar-refractivity contribution in [2.75, 3.05) is 6.61 Å². The zero-order valence-corrected chi connectivity index (χ0v) is 9.59. The molecule has 0 rings (SSSR count). The molecule has 0 aliphatic rings. The maximum absolute atomic E-state index is 10.5. The molecule has 0 aromatic heterocycles. The van der Waals surface area contributed by atoms with Crippen molar-refractivity contribution in [3.63, 3.8) is 0 Å². The van der Waals surface area contributed by atoms with Crippen LogP contribution in [0.3, 0.4) is 0 Å². The Morgan fingerprint density at radius 3 is 2.36 bits per heavy atom. The Bertz CT molecular complexity index is 237. The largest absolute Gasteiger partial charge is 0.461 e. The second-order valence-corrected chi connectivity index (χ2v) is 3.50. The van der Waals surface area contributed by atoms with Gasteiger partial charge in [0, 0.05) is 6.92 Å². The van der Waals surface area contributed by atoms with Gasteiger partial charge in [0.05, 0.1) is 0 Å². The maximum atomic E-state index is 10.5. The van der Waals surface area contributed by atoms with Crippen molar-refractivity contribution in [2.45, 2.75) is 40.5 Å². The zero-order valence-electron chi connectivity index (χ0n) is 9.59. The Labute approximate surface area is 86.6 Å². The van der Waals surface area contributed by atoms with Crippen LogP contribution in [0.5, 0.6) is 0 Å². The first-order valence-electron chi connectivity index (χ1n) is 4.97. The van der Waals surface area contributed by atoms with Crippen LogP contribution in [0.25, 0.3) is 0 Å². The third-order valence-electron chi connectivity index (χ3n) is 2.03. The van der Waals surface area contributed by atoms with Crippen molar-refractivity contribution in [3.05, 3.63) is 23.3 Å². The minimum Gasteiger partial charge on any atom is -0.461 e. The lowest BCUT2D eigenvalue weighted by molar-refractivity contribution is -0.139. The molecule has 0 fully saturated rings. The standard InChI is InChI=1S/C12H20O2/c1-5-10(2)7-6-8-11(3)9-14-12(4)13/h5,8H,6-7,9H2,1-4H3. The first-order valence-corrected chi connectivity index (χ1v) is 4.97. The van der Waals surface area contributed by atoms with Crippen molar-refractivity contribution >= 4 is 5.97 Å². The molecule has 0 heterocycles. The summed E-state index contributed by atoms with van der Waals surface area (Å²) in [5.74, 6) is -0.220. The average Bonchev–Trinajstić information content (AvgIpc) is 2.14. The van der Waals surface area contributed by atoms with E-state index in [-0.39, 0.29) is 5.97 Å². The van der Waals surface area contributed by atoms with Crippen LogP contribution in [0.15, 0.2) is 23.3 Å². The van der Waals surface area contributed by atoms with Gasteiger partial charge in [-0.1, -0.05) is 17.7 Å². The van der Waals surface area contributed by atoms with Gasteiger partial charge >= 0.3 is 5.97 Å². The van der Waals surface area contributed by atoms with E-state index < -0.39 is 0 Å². The number of allylic oxidation sites excluding steroid dienone is 3. The van der Waals surface area contributed by atoms with Crippen LogP contribution in [-0.2, 0) is 9.53 Å². The van der Waals surface area contributed by atoms with E-state index in [2.05, 4.69) is 19.1 Å². The van der Waals surface area contributed by atoms with E-state index in [1.807, 2.05) is 13.8 Å². The van der Waals surface area contributed by atoms with Crippen LogP contribution in [-0.4, -0.2) is 12.6 Å². The minimum atomic E-state index is -0.220. The van der Waals surface area contributed by atoms with Gasteiger partial charge in [0.1, 0.15) is 6.61 Å². The fourth-order valence-corrected chi connectivity index (χ4v) is 0.965. The first kappa shape index (κ1) is 12.9. The Balaban J connectivity index is 3.71. The molecule has 0 bridgehead atoms. The Morgan fingerprint density at radius 2 is 1.86 bits per heavy atom. The van der Waals surface area contributed by atoms with Gasteiger partial charge in [0.25, 0.3) is 0 Å². The van der Waals surface area contributed by atoms with Crippen LogP contribution < -0.4 is 0 Å². The second-order valence-electron chi connectivity index (χ2n) is 3.50. The molecular formula is C12H20O2. The third kappa shape index (κ3) is 7.59. The molecule has 14 heavy (non-hydrogen) atoms. The summed E-state index contributed by atoms with van der Waals surface area (Å²) in [6.45, 7) is 8.00. The van der Waals surface area contributed by atoms with Gasteiger partial charge in [-0.15, -0.1) is 0 Å². The Kier molecular flexibility index (Phi) is 6.81. The van der Waals surface area contributed by atoms with E-state index in [0.717, 1.165) is 18.4 Å². The van der Waals surface area contributed by atoms with Crippen LogP contribution >= 0.6 is 0 Å². The lowest BCUT2D eigenvalue weighted by Gasteiger charge is -2.02. The summed E-state index contributed by atoms with van der Waals surface area (Å²) in [5, 5.41) is 0. The molecule has 0 saturated heterocycles. The monoisotopic (exact) mass is 196 g/mol. The molecule has 0 saturated carbocycles. The molecule has 0 aliphatic carbocycles. The van der Waals surface area contributed by atoms with Crippen molar-refractivity contribution < 1.29 is 9.53 Å². The molecule has 0 atom stereocenters. The summed E-state index contributed by atoms with van der Waals surface area (Å²) < 4.78 is 4.87. The first-order chi connectivity index (χ1) is 6.56. The lowest BCUT2D eigenvalue weighted by Crippen LogP contribution is -2.01. The Hall–Kier alpha value is -1.05. The molecular weight excluding hydrogens is 176 g/mol. The topological polar surface area (TPSA) is 26.3 Å². The SMILES string of the molecule is CC=C(C)CCC=C(C)COC(C)=O. The van der Waals surface area contributed by atoms with Gasteiger partial charge in [-0.2, -0.15) is 0 Å². The van der Waals surface area contributed by atoms with E-state index in [9.17, 15) is 4.79 Å². The van der Waals surface area contributed by atoms with Crippen LogP contribution in [0, 0.1) is 0 Å².